The third-order valence-electron chi connectivity index (χ3n) is 12.5. The van der Waals surface area contributed by atoms with Crippen LogP contribution in [0.15, 0.2) is 59.9 Å². The monoisotopic (exact) mass is 895 g/mol. The number of rotatable bonds is 18. The summed E-state index contributed by atoms with van der Waals surface area (Å²) in [4.78, 5) is 79.1. The highest BCUT2D eigenvalue weighted by atomic mass is 16.5. The van der Waals surface area contributed by atoms with Crippen molar-refractivity contribution in [1.82, 2.24) is 40.1 Å². The normalized spacial score (nSPS) is 16.9. The second-order valence-electron chi connectivity index (χ2n) is 18.3. The predicted octanol–water partition coefficient (Wildman–Crippen LogP) is 5.89. The van der Waals surface area contributed by atoms with Gasteiger partial charge in [0, 0.05) is 87.4 Å². The molecule has 2 aliphatic rings. The van der Waals surface area contributed by atoms with Crippen LogP contribution in [0, 0.1) is 17.3 Å². The molecule has 2 saturated heterocycles. The maximum absolute atomic E-state index is 14.3. The minimum Gasteiger partial charge on any atom is -0.465 e. The summed E-state index contributed by atoms with van der Waals surface area (Å²) in [5.41, 5.74) is 8.90. The van der Waals surface area contributed by atoms with Gasteiger partial charge in [-0.15, -0.1) is 0 Å². The van der Waals surface area contributed by atoms with Gasteiger partial charge in [-0.05, 0) is 81.4 Å². The Kier molecular flexibility index (Phi) is 15.7. The number of hydrazine groups is 1. The van der Waals surface area contributed by atoms with Crippen LogP contribution in [0.3, 0.4) is 0 Å². The fourth-order valence-electron chi connectivity index (χ4n) is 9.15. The first-order valence-corrected chi connectivity index (χ1v) is 22.7. The summed E-state index contributed by atoms with van der Waals surface area (Å²) >= 11 is 0. The summed E-state index contributed by atoms with van der Waals surface area (Å²) in [6.07, 6.45) is 7.03. The lowest BCUT2D eigenvalue weighted by molar-refractivity contribution is -0.146. The number of nitrogens with one attached hydrogen (secondary N) is 2. The first kappa shape index (κ1) is 48.6. The molecule has 65 heavy (non-hydrogen) atoms. The molecule has 4 atom stereocenters. The number of oxazole rings is 1. The molecule has 0 aliphatic carbocycles. The van der Waals surface area contributed by atoms with Crippen LogP contribution in [0.4, 0.5) is 0 Å². The van der Waals surface area contributed by atoms with Crippen molar-refractivity contribution >= 4 is 40.5 Å². The number of fused-ring (bicyclic) bond motifs is 1. The number of likely N-dealkylation sites (tertiary alicyclic amines) is 1. The number of nitrogens with zero attached hydrogens (tertiary/aromatic N) is 6. The smallest absolute Gasteiger partial charge is 0.302 e. The Hall–Kier alpha value is -5.87. The lowest BCUT2D eigenvalue weighted by atomic mass is 9.84. The van der Waals surface area contributed by atoms with Crippen molar-refractivity contribution in [2.75, 3.05) is 46.9 Å². The molecule has 0 unspecified atom stereocenters. The van der Waals surface area contributed by atoms with Gasteiger partial charge in [-0.1, -0.05) is 40.3 Å². The predicted molar refractivity (Wildman–Crippen MR) is 247 cm³/mol. The molecule has 350 valence electrons. The quantitative estimate of drug-likeness (QED) is 0.0899. The van der Waals surface area contributed by atoms with Crippen LogP contribution in [-0.4, -0.2) is 118 Å². The van der Waals surface area contributed by atoms with Crippen LogP contribution >= 0.6 is 0 Å². The molecule has 0 radical (unpaired) electrons. The molecular formula is C49H66N8O8. The number of aromatic nitrogens is 3. The zero-order valence-corrected chi connectivity index (χ0v) is 39.4. The summed E-state index contributed by atoms with van der Waals surface area (Å²) in [6, 6.07) is 8.20. The van der Waals surface area contributed by atoms with Crippen LogP contribution in [0.1, 0.15) is 91.0 Å². The van der Waals surface area contributed by atoms with E-state index in [0.717, 1.165) is 51.8 Å². The number of hydrogen-bond donors (Lipinski definition) is 2. The van der Waals surface area contributed by atoms with Crippen molar-refractivity contribution in [3.05, 3.63) is 72.6 Å². The molecule has 1 aromatic carbocycles. The number of amides is 4. The molecule has 2 N–H and O–H groups in total. The van der Waals surface area contributed by atoms with Crippen molar-refractivity contribution in [2.24, 2.45) is 17.3 Å². The van der Waals surface area contributed by atoms with Gasteiger partial charge < -0.3 is 33.6 Å². The van der Waals surface area contributed by atoms with Gasteiger partial charge in [-0.2, -0.15) is 0 Å². The number of ether oxygens (including phenoxy) is 2. The van der Waals surface area contributed by atoms with Crippen molar-refractivity contribution in [3.8, 4) is 22.5 Å². The molecule has 0 saturated carbocycles. The van der Waals surface area contributed by atoms with E-state index in [-0.39, 0.29) is 61.2 Å². The zero-order valence-electron chi connectivity index (χ0n) is 39.4. The Morgan fingerprint density at radius 1 is 1.12 bits per heavy atom. The highest BCUT2D eigenvalue weighted by Crippen LogP contribution is 2.41. The molecule has 16 nitrogen and oxygen atoms in total. The maximum Gasteiger partial charge on any atom is 0.302 e. The summed E-state index contributed by atoms with van der Waals surface area (Å²) in [5, 5.41) is 5.51. The summed E-state index contributed by atoms with van der Waals surface area (Å²) in [5.74, 6) is -2.12. The number of likely N-dealkylation sites (N-methyl/N-ethyl adjacent to an activating group) is 1. The number of methoxy groups -OCH3 is 1. The second-order valence-corrected chi connectivity index (χ2v) is 18.3. The number of carbonyl (C=O) groups excluding carboxylic acids is 5. The molecule has 4 amide bonds. The Morgan fingerprint density at radius 3 is 2.55 bits per heavy atom. The van der Waals surface area contributed by atoms with E-state index in [0.29, 0.717) is 44.7 Å². The van der Waals surface area contributed by atoms with Crippen molar-refractivity contribution in [2.45, 2.75) is 105 Å². The minimum atomic E-state index is -1.06. The van der Waals surface area contributed by atoms with Gasteiger partial charge in [-0.3, -0.25) is 34.0 Å². The van der Waals surface area contributed by atoms with Crippen molar-refractivity contribution in [3.63, 3.8) is 0 Å². The molecule has 0 bridgehead atoms. The molecule has 0 spiro atoms. The largest absolute Gasteiger partial charge is 0.465 e. The fourth-order valence-corrected chi connectivity index (χ4v) is 9.15. The van der Waals surface area contributed by atoms with Gasteiger partial charge in [0.2, 0.25) is 17.7 Å². The highest BCUT2D eigenvalue weighted by Gasteiger charge is 2.39. The Bertz CT molecular complexity index is 2380. The maximum atomic E-state index is 14.3. The first-order valence-electron chi connectivity index (χ1n) is 22.7. The van der Waals surface area contributed by atoms with E-state index in [9.17, 15) is 24.0 Å². The molecule has 4 aromatic rings. The molecule has 6 rings (SSSR count). The minimum absolute atomic E-state index is 0.0395. The van der Waals surface area contributed by atoms with Gasteiger partial charge in [0.1, 0.15) is 24.0 Å². The van der Waals surface area contributed by atoms with Crippen LogP contribution in [0.2, 0.25) is 0 Å². The van der Waals surface area contributed by atoms with E-state index >= 15 is 0 Å². The third-order valence-corrected chi connectivity index (χ3v) is 12.5. The summed E-state index contributed by atoms with van der Waals surface area (Å²) < 4.78 is 19.7. The van der Waals surface area contributed by atoms with Crippen molar-refractivity contribution in [1.29, 1.82) is 0 Å². The van der Waals surface area contributed by atoms with E-state index in [4.69, 9.17) is 23.9 Å². The van der Waals surface area contributed by atoms with E-state index in [1.165, 1.54) is 22.9 Å². The number of aryl methyl sites for hydroxylation is 1. The molecule has 5 heterocycles. The van der Waals surface area contributed by atoms with E-state index in [2.05, 4.69) is 60.9 Å². The standard InChI is InChI=1S/C49H66N8O8/c1-11-42(59)55-23-19-34(27-55)47(61)54(9)44(30(3)4)46(60)53-38(48(62)57-22-14-13-21-51-57)25-41-52-39(28-64-41)33-17-18-40-36(24-33)37(26-49(7,8)29-65-32(6)58)45(56(40)12-2)35-16-15-20-50-43(35)31(5)63-10/h11,15-18,20,24,28,30-31,34,38,44,51H,1,12-14,19,21-23,25-27,29H2,2-10H3,(H,53,60)/t31-,34-,38-,44-/m0/s1. The van der Waals surface area contributed by atoms with Gasteiger partial charge in [0.15, 0.2) is 5.89 Å². The summed E-state index contributed by atoms with van der Waals surface area (Å²) in [7, 11) is 3.27. The molecule has 16 heteroatoms. The molecular weight excluding hydrogens is 829 g/mol. The van der Waals surface area contributed by atoms with Crippen LogP contribution in [-0.2, 0) is 52.8 Å². The number of benzene rings is 1. The average Bonchev–Trinajstić information content (AvgIpc) is 4.05. The lowest BCUT2D eigenvalue weighted by Gasteiger charge is -2.34. The number of hydrogen-bond acceptors (Lipinski definition) is 11. The summed E-state index contributed by atoms with van der Waals surface area (Å²) in [6.45, 7) is 19.6. The van der Waals surface area contributed by atoms with Gasteiger partial charge in [-0.25, -0.2) is 10.4 Å². The van der Waals surface area contributed by atoms with E-state index < -0.39 is 29.3 Å². The SMILES string of the molecule is C=CC(=O)N1CC[C@H](C(=O)N(C)[C@H](C(=O)N[C@@H](Cc2nc(-c3ccc4c(c3)c(CC(C)(C)COC(C)=O)c(-c3cccnc3[C@H](C)OC)n4CC)co2)C(=O)N2CCCCN2)C(C)C)C1. The Balaban J connectivity index is 1.33. The third kappa shape index (κ3) is 11.0. The molecule has 2 aliphatic heterocycles. The molecule has 2 fully saturated rings. The topological polar surface area (TPSA) is 181 Å². The Labute approximate surface area is 382 Å². The lowest BCUT2D eigenvalue weighted by Crippen LogP contribution is -2.59. The first-order chi connectivity index (χ1) is 31.0. The van der Waals surface area contributed by atoms with Crippen LogP contribution in [0.5, 0.6) is 0 Å². The molecule has 3 aromatic heterocycles. The average molecular weight is 895 g/mol. The Morgan fingerprint density at radius 2 is 1.89 bits per heavy atom. The fraction of sp³-hybridized carbons (Fsp3) is 0.531. The van der Waals surface area contributed by atoms with E-state index in [1.807, 2.05) is 32.9 Å². The zero-order chi connectivity index (χ0) is 47.2. The van der Waals surface area contributed by atoms with Crippen molar-refractivity contribution < 1.29 is 37.9 Å². The van der Waals surface area contributed by atoms with E-state index in [1.54, 1.807) is 31.5 Å². The van der Waals surface area contributed by atoms with Crippen LogP contribution < -0.4 is 10.7 Å². The van der Waals surface area contributed by atoms with Crippen LogP contribution in [0.25, 0.3) is 33.4 Å². The van der Waals surface area contributed by atoms with Gasteiger partial charge in [0.05, 0.1) is 36.4 Å². The second kappa shape index (κ2) is 21.0. The number of esters is 1. The highest BCUT2D eigenvalue weighted by molar-refractivity contribution is 5.96. The van der Waals surface area contributed by atoms with Gasteiger partial charge >= 0.3 is 5.97 Å². The van der Waals surface area contributed by atoms with Gasteiger partial charge in [0.25, 0.3) is 5.91 Å². The number of carbonyl (C=O) groups is 5. The number of pyridine rings is 1.